The molecule has 0 bridgehead atoms. The number of hydrogen-bond acceptors (Lipinski definition) is 7. The quantitative estimate of drug-likeness (QED) is 0.718. The number of benzene rings is 1. The van der Waals surface area contributed by atoms with Gasteiger partial charge in [0.05, 0.1) is 19.7 Å². The Labute approximate surface area is 162 Å². The molecule has 1 fully saturated rings. The summed E-state index contributed by atoms with van der Waals surface area (Å²) in [6.45, 7) is 3.35. The van der Waals surface area contributed by atoms with Crippen LogP contribution in [-0.4, -0.2) is 41.8 Å². The van der Waals surface area contributed by atoms with Gasteiger partial charge in [-0.3, -0.25) is 4.90 Å². The standard InChI is InChI=1S/C18H20N4O2S.ClH/c1-23-16-5-3-2-4-14(16)15-10-19-7-8-22(15)11-17-20-18(21-24-17)13-6-9-25-12-13;/h2-6,9,12,15,19H,7-8,10-11H2,1H3;1H. The van der Waals surface area contributed by atoms with Crippen LogP contribution in [0.15, 0.2) is 45.6 Å². The molecule has 3 heterocycles. The van der Waals surface area contributed by atoms with Crippen LogP contribution in [0, 0.1) is 0 Å². The Hall–Kier alpha value is -1.93. The molecule has 0 aliphatic carbocycles. The second-order valence-electron chi connectivity index (χ2n) is 5.96. The molecule has 1 N–H and O–H groups in total. The van der Waals surface area contributed by atoms with Crippen LogP contribution in [0.25, 0.3) is 11.4 Å². The van der Waals surface area contributed by atoms with Gasteiger partial charge in [-0.2, -0.15) is 16.3 Å². The third-order valence-electron chi connectivity index (χ3n) is 4.44. The van der Waals surface area contributed by atoms with E-state index < -0.39 is 0 Å². The van der Waals surface area contributed by atoms with Crippen LogP contribution in [0.1, 0.15) is 17.5 Å². The van der Waals surface area contributed by atoms with Crippen LogP contribution in [0.5, 0.6) is 5.75 Å². The minimum Gasteiger partial charge on any atom is -0.496 e. The van der Waals surface area contributed by atoms with Gasteiger partial charge in [0, 0.05) is 36.1 Å². The van der Waals surface area contributed by atoms with E-state index in [-0.39, 0.29) is 18.4 Å². The highest BCUT2D eigenvalue weighted by molar-refractivity contribution is 7.08. The summed E-state index contributed by atoms with van der Waals surface area (Å²) in [5.41, 5.74) is 2.18. The van der Waals surface area contributed by atoms with Gasteiger partial charge in [0.2, 0.25) is 11.7 Å². The molecule has 1 atom stereocenters. The molecule has 1 aromatic carbocycles. The first-order chi connectivity index (χ1) is 12.3. The molecule has 26 heavy (non-hydrogen) atoms. The fourth-order valence-corrected chi connectivity index (χ4v) is 3.82. The number of rotatable bonds is 5. The van der Waals surface area contributed by atoms with Crippen molar-refractivity contribution in [2.75, 3.05) is 26.7 Å². The predicted molar refractivity (Wildman–Crippen MR) is 104 cm³/mol. The largest absolute Gasteiger partial charge is 0.496 e. The monoisotopic (exact) mass is 392 g/mol. The van der Waals surface area contributed by atoms with Crippen molar-refractivity contribution in [3.05, 3.63) is 52.5 Å². The van der Waals surface area contributed by atoms with Crippen LogP contribution in [0.4, 0.5) is 0 Å². The van der Waals surface area contributed by atoms with Crippen LogP contribution in [0.3, 0.4) is 0 Å². The van der Waals surface area contributed by atoms with Gasteiger partial charge < -0.3 is 14.6 Å². The number of methoxy groups -OCH3 is 1. The highest BCUT2D eigenvalue weighted by atomic mass is 35.5. The normalized spacial score (nSPS) is 17.7. The van der Waals surface area contributed by atoms with E-state index in [4.69, 9.17) is 9.26 Å². The second kappa shape index (κ2) is 8.64. The van der Waals surface area contributed by atoms with Crippen molar-refractivity contribution in [1.29, 1.82) is 0 Å². The van der Waals surface area contributed by atoms with Gasteiger partial charge in [-0.05, 0) is 17.5 Å². The molecule has 138 valence electrons. The van der Waals surface area contributed by atoms with Crippen molar-refractivity contribution in [3.8, 4) is 17.1 Å². The SMILES string of the molecule is COc1ccccc1C1CNCCN1Cc1nc(-c2ccsc2)no1.Cl. The minimum absolute atomic E-state index is 0. The molecule has 0 saturated carbocycles. The maximum atomic E-state index is 5.55. The van der Waals surface area contributed by atoms with Crippen LogP contribution in [-0.2, 0) is 6.54 Å². The molecule has 1 saturated heterocycles. The number of nitrogens with one attached hydrogen (secondary N) is 1. The molecule has 4 rings (SSSR count). The fourth-order valence-electron chi connectivity index (χ4n) is 3.19. The Morgan fingerprint density at radius 3 is 3.04 bits per heavy atom. The lowest BCUT2D eigenvalue weighted by Gasteiger charge is -2.36. The average Bonchev–Trinajstić information content (AvgIpc) is 3.34. The van der Waals surface area contributed by atoms with Gasteiger partial charge in [-0.25, -0.2) is 0 Å². The predicted octanol–water partition coefficient (Wildman–Crippen LogP) is 3.38. The van der Waals surface area contributed by atoms with Gasteiger partial charge in [0.25, 0.3) is 0 Å². The van der Waals surface area contributed by atoms with Crippen molar-refractivity contribution in [2.45, 2.75) is 12.6 Å². The second-order valence-corrected chi connectivity index (χ2v) is 6.74. The van der Waals surface area contributed by atoms with E-state index in [2.05, 4.69) is 26.4 Å². The van der Waals surface area contributed by atoms with Crippen LogP contribution in [0.2, 0.25) is 0 Å². The maximum Gasteiger partial charge on any atom is 0.241 e. The maximum absolute atomic E-state index is 5.55. The summed E-state index contributed by atoms with van der Waals surface area (Å²) < 4.78 is 11.0. The van der Waals surface area contributed by atoms with Gasteiger partial charge in [-0.15, -0.1) is 12.4 Å². The van der Waals surface area contributed by atoms with E-state index in [0.29, 0.717) is 18.3 Å². The molecule has 6 nitrogen and oxygen atoms in total. The number of halogens is 1. The van der Waals surface area contributed by atoms with E-state index in [1.165, 1.54) is 5.56 Å². The van der Waals surface area contributed by atoms with Gasteiger partial charge in [0.1, 0.15) is 5.75 Å². The number of piperazine rings is 1. The van der Waals surface area contributed by atoms with E-state index in [1.807, 2.05) is 35.0 Å². The molecular formula is C18H21ClN4O2S. The molecule has 1 unspecified atom stereocenters. The Kier molecular flexibility index (Phi) is 6.26. The zero-order valence-corrected chi connectivity index (χ0v) is 16.1. The lowest BCUT2D eigenvalue weighted by molar-refractivity contribution is 0.133. The number of para-hydroxylation sites is 1. The minimum atomic E-state index is 0. The summed E-state index contributed by atoms with van der Waals surface area (Å²) in [6.07, 6.45) is 0. The Balaban J connectivity index is 0.00000196. The van der Waals surface area contributed by atoms with Gasteiger partial charge in [-0.1, -0.05) is 23.4 Å². The Morgan fingerprint density at radius 1 is 1.35 bits per heavy atom. The number of thiophene rings is 1. The first-order valence-corrected chi connectivity index (χ1v) is 9.22. The smallest absolute Gasteiger partial charge is 0.241 e. The summed E-state index contributed by atoms with van der Waals surface area (Å²) in [5, 5.41) is 11.6. The zero-order valence-electron chi connectivity index (χ0n) is 14.4. The third kappa shape index (κ3) is 3.91. The number of aromatic nitrogens is 2. The third-order valence-corrected chi connectivity index (χ3v) is 5.12. The lowest BCUT2D eigenvalue weighted by Crippen LogP contribution is -2.45. The van der Waals surface area contributed by atoms with Crippen molar-refractivity contribution >= 4 is 23.7 Å². The summed E-state index contributed by atoms with van der Waals surface area (Å²) >= 11 is 1.63. The van der Waals surface area contributed by atoms with Crippen molar-refractivity contribution in [1.82, 2.24) is 20.4 Å². The van der Waals surface area contributed by atoms with Crippen molar-refractivity contribution in [3.63, 3.8) is 0 Å². The summed E-state index contributed by atoms with van der Waals surface area (Å²) in [6, 6.07) is 10.4. The van der Waals surface area contributed by atoms with Crippen molar-refractivity contribution in [2.24, 2.45) is 0 Å². The summed E-state index contributed by atoms with van der Waals surface area (Å²) in [4.78, 5) is 6.91. The van der Waals surface area contributed by atoms with Gasteiger partial charge in [0.15, 0.2) is 0 Å². The molecule has 3 aromatic rings. The molecule has 0 amide bonds. The van der Waals surface area contributed by atoms with E-state index >= 15 is 0 Å². The van der Waals surface area contributed by atoms with Crippen LogP contribution < -0.4 is 10.1 Å². The highest BCUT2D eigenvalue weighted by Crippen LogP contribution is 2.31. The molecule has 1 aliphatic heterocycles. The first-order valence-electron chi connectivity index (χ1n) is 8.28. The Bertz CT molecular complexity index is 824. The number of nitrogens with zero attached hydrogens (tertiary/aromatic N) is 3. The summed E-state index contributed by atoms with van der Waals surface area (Å²) in [7, 11) is 1.71. The molecule has 0 spiro atoms. The Morgan fingerprint density at radius 2 is 2.23 bits per heavy atom. The van der Waals surface area contributed by atoms with Crippen molar-refractivity contribution < 1.29 is 9.26 Å². The zero-order chi connectivity index (χ0) is 17.1. The topological polar surface area (TPSA) is 63.4 Å². The van der Waals surface area contributed by atoms with E-state index in [1.54, 1.807) is 18.4 Å². The van der Waals surface area contributed by atoms with E-state index in [9.17, 15) is 0 Å². The molecule has 1 aliphatic rings. The first kappa shape index (κ1) is 18.8. The van der Waals surface area contributed by atoms with Gasteiger partial charge >= 0.3 is 0 Å². The summed E-state index contributed by atoms with van der Waals surface area (Å²) in [5.74, 6) is 2.20. The molecule has 8 heteroatoms. The highest BCUT2D eigenvalue weighted by Gasteiger charge is 2.27. The number of ether oxygens (including phenoxy) is 1. The lowest BCUT2D eigenvalue weighted by atomic mass is 10.0. The van der Waals surface area contributed by atoms with E-state index in [0.717, 1.165) is 30.9 Å². The average molecular weight is 393 g/mol. The molecule has 0 radical (unpaired) electrons. The van der Waals surface area contributed by atoms with Crippen LogP contribution >= 0.6 is 23.7 Å². The number of hydrogen-bond donors (Lipinski definition) is 1. The molecule has 2 aromatic heterocycles. The molecular weight excluding hydrogens is 372 g/mol. The fraction of sp³-hybridized carbons (Fsp3) is 0.333.